The Balaban J connectivity index is 0.000000596. The van der Waals surface area contributed by atoms with E-state index in [0.29, 0.717) is 0 Å². The molecule has 0 unspecified atom stereocenters. The third kappa shape index (κ3) is 6.30. The molecule has 2 N–H and O–H groups in total. The van der Waals surface area contributed by atoms with E-state index in [0.717, 1.165) is 6.42 Å². The molecule has 27 heavy (non-hydrogen) atoms. The Bertz CT molecular complexity index is 823. The van der Waals surface area contributed by atoms with Gasteiger partial charge in [-0.05, 0) is 40.7 Å². The Morgan fingerprint density at radius 3 is 1.85 bits per heavy atom. The van der Waals surface area contributed by atoms with E-state index >= 15 is 0 Å². The molecule has 3 rings (SSSR count). The highest BCUT2D eigenvalue weighted by Crippen LogP contribution is 2.35. The van der Waals surface area contributed by atoms with Crippen LogP contribution in [0.5, 0.6) is 0 Å². The zero-order valence-electron chi connectivity index (χ0n) is 15.6. The molecule has 0 aliphatic heterocycles. The summed E-state index contributed by atoms with van der Waals surface area (Å²) in [5.74, 6) is 0. The zero-order chi connectivity index (χ0) is 19.5. The molecule has 3 aromatic rings. The molecule has 0 saturated carbocycles. The van der Waals surface area contributed by atoms with Crippen molar-refractivity contribution in [1.82, 2.24) is 0 Å². The number of rotatable bonds is 6. The van der Waals surface area contributed by atoms with E-state index in [9.17, 15) is 0 Å². The maximum Gasteiger partial charge on any atom is 0.503 e. The van der Waals surface area contributed by atoms with Gasteiger partial charge in [0.05, 0.1) is 0 Å². The van der Waals surface area contributed by atoms with Crippen molar-refractivity contribution >= 4 is 6.16 Å². The van der Waals surface area contributed by atoms with Crippen LogP contribution in [0.1, 0.15) is 31.7 Å². The molecule has 0 aromatic heterocycles. The van der Waals surface area contributed by atoms with Crippen LogP contribution < -0.4 is 0 Å². The first-order valence-corrected chi connectivity index (χ1v) is 9.28. The molecule has 3 nitrogen and oxygen atoms in total. The Kier molecular flexibility index (Phi) is 8.11. The van der Waals surface area contributed by atoms with Crippen LogP contribution in [-0.4, -0.2) is 16.4 Å². The minimum Gasteiger partial charge on any atom is -0.450 e. The summed E-state index contributed by atoms with van der Waals surface area (Å²) in [7, 11) is 0. The summed E-state index contributed by atoms with van der Waals surface area (Å²) in [4.78, 5) is 8.56. The van der Waals surface area contributed by atoms with Crippen molar-refractivity contribution in [2.45, 2.75) is 32.6 Å². The second-order valence-electron chi connectivity index (χ2n) is 6.31. The lowest BCUT2D eigenvalue weighted by Gasteiger charge is -2.16. The number of carbonyl (C=O) groups is 1. The van der Waals surface area contributed by atoms with Gasteiger partial charge in [0.15, 0.2) is 0 Å². The lowest BCUT2D eigenvalue weighted by molar-refractivity contribution is 0.137. The van der Waals surface area contributed by atoms with Crippen LogP contribution in [0.25, 0.3) is 22.3 Å². The van der Waals surface area contributed by atoms with Gasteiger partial charge >= 0.3 is 6.16 Å². The standard InChI is InChI=1S/C23H24.CH2O3/c1-2-3-6-14-21-17-11-18-22(19-12-7-4-8-13-19)23(21)20-15-9-5-10-16-20;2-1(3)4/h4-5,7-13,15-18H,2-3,6,14H2,1H3;(H2,2,3,4). The third-order valence-corrected chi connectivity index (χ3v) is 4.35. The average Bonchev–Trinajstić information content (AvgIpc) is 2.69. The van der Waals surface area contributed by atoms with Crippen molar-refractivity contribution in [3.63, 3.8) is 0 Å². The molecule has 3 aromatic carbocycles. The van der Waals surface area contributed by atoms with Gasteiger partial charge in [-0.25, -0.2) is 4.79 Å². The second-order valence-corrected chi connectivity index (χ2v) is 6.31. The van der Waals surface area contributed by atoms with Crippen molar-refractivity contribution in [2.24, 2.45) is 0 Å². The van der Waals surface area contributed by atoms with Gasteiger partial charge in [-0.1, -0.05) is 98.6 Å². The van der Waals surface area contributed by atoms with E-state index in [2.05, 4.69) is 85.8 Å². The summed E-state index contributed by atoms with van der Waals surface area (Å²) in [6.45, 7) is 2.26. The molecular formula is C24H26O3. The monoisotopic (exact) mass is 362 g/mol. The number of hydrogen-bond donors (Lipinski definition) is 2. The van der Waals surface area contributed by atoms with Gasteiger partial charge in [-0.2, -0.15) is 0 Å². The van der Waals surface area contributed by atoms with Crippen LogP contribution in [0.15, 0.2) is 78.9 Å². The molecule has 0 fully saturated rings. The second kappa shape index (κ2) is 10.8. The SMILES string of the molecule is CCCCCc1cccc(-c2ccccc2)c1-c1ccccc1.O=C(O)O. The number of unbranched alkanes of at least 4 members (excludes halogenated alkanes) is 2. The largest absolute Gasteiger partial charge is 0.503 e. The van der Waals surface area contributed by atoms with Crippen LogP contribution in [0.4, 0.5) is 4.79 Å². The van der Waals surface area contributed by atoms with Gasteiger partial charge in [-0.3, -0.25) is 0 Å². The predicted molar refractivity (Wildman–Crippen MR) is 111 cm³/mol. The molecule has 0 atom stereocenters. The van der Waals surface area contributed by atoms with Gasteiger partial charge in [0.25, 0.3) is 0 Å². The average molecular weight is 362 g/mol. The van der Waals surface area contributed by atoms with E-state index in [-0.39, 0.29) is 0 Å². The van der Waals surface area contributed by atoms with Crippen LogP contribution >= 0.6 is 0 Å². The van der Waals surface area contributed by atoms with Crippen LogP contribution in [0.3, 0.4) is 0 Å². The molecule has 0 saturated heterocycles. The minimum atomic E-state index is -1.83. The van der Waals surface area contributed by atoms with E-state index in [1.807, 2.05) is 0 Å². The molecular weight excluding hydrogens is 336 g/mol. The maximum absolute atomic E-state index is 8.56. The highest BCUT2D eigenvalue weighted by molar-refractivity contribution is 5.85. The van der Waals surface area contributed by atoms with Gasteiger partial charge in [0.1, 0.15) is 0 Å². The Labute approximate surface area is 160 Å². The van der Waals surface area contributed by atoms with Crippen molar-refractivity contribution < 1.29 is 15.0 Å². The van der Waals surface area contributed by atoms with Crippen molar-refractivity contribution in [3.05, 3.63) is 84.4 Å². The minimum absolute atomic E-state index is 1.15. The molecule has 0 spiro atoms. The van der Waals surface area contributed by atoms with Gasteiger partial charge in [-0.15, -0.1) is 0 Å². The Morgan fingerprint density at radius 2 is 1.30 bits per heavy atom. The molecule has 0 bridgehead atoms. The zero-order valence-corrected chi connectivity index (χ0v) is 15.6. The topological polar surface area (TPSA) is 57.5 Å². The molecule has 0 radical (unpaired) electrons. The van der Waals surface area contributed by atoms with Crippen molar-refractivity contribution in [1.29, 1.82) is 0 Å². The highest BCUT2D eigenvalue weighted by atomic mass is 16.6. The first-order valence-electron chi connectivity index (χ1n) is 9.28. The first kappa shape index (κ1) is 20.2. The summed E-state index contributed by atoms with van der Waals surface area (Å²) in [5, 5.41) is 13.9. The van der Waals surface area contributed by atoms with E-state index in [1.165, 1.54) is 47.1 Å². The van der Waals surface area contributed by atoms with E-state index in [4.69, 9.17) is 15.0 Å². The molecule has 0 heterocycles. The van der Waals surface area contributed by atoms with Crippen LogP contribution in [0, 0.1) is 0 Å². The number of aryl methyl sites for hydroxylation is 1. The number of hydrogen-bond acceptors (Lipinski definition) is 1. The predicted octanol–water partition coefficient (Wildman–Crippen LogP) is 6.98. The Morgan fingerprint density at radius 1 is 0.741 bits per heavy atom. The van der Waals surface area contributed by atoms with Crippen LogP contribution in [0.2, 0.25) is 0 Å². The fraction of sp³-hybridized carbons (Fsp3) is 0.208. The van der Waals surface area contributed by atoms with E-state index < -0.39 is 6.16 Å². The first-order chi connectivity index (χ1) is 13.1. The molecule has 3 heteroatoms. The molecule has 0 aliphatic carbocycles. The maximum atomic E-state index is 8.56. The smallest absolute Gasteiger partial charge is 0.450 e. The summed E-state index contributed by atoms with van der Waals surface area (Å²) >= 11 is 0. The number of carboxylic acid groups (broad SMARTS) is 2. The van der Waals surface area contributed by atoms with Gasteiger partial charge in [0, 0.05) is 0 Å². The number of benzene rings is 3. The quantitative estimate of drug-likeness (QED) is 0.465. The normalized spacial score (nSPS) is 9.96. The summed E-state index contributed by atoms with van der Waals surface area (Å²) < 4.78 is 0. The van der Waals surface area contributed by atoms with Crippen molar-refractivity contribution in [3.8, 4) is 22.3 Å². The lowest BCUT2D eigenvalue weighted by Crippen LogP contribution is -1.94. The third-order valence-electron chi connectivity index (χ3n) is 4.35. The van der Waals surface area contributed by atoms with Crippen LogP contribution in [-0.2, 0) is 6.42 Å². The van der Waals surface area contributed by atoms with Crippen molar-refractivity contribution in [2.75, 3.05) is 0 Å². The molecule has 140 valence electrons. The highest BCUT2D eigenvalue weighted by Gasteiger charge is 2.11. The fourth-order valence-corrected chi connectivity index (χ4v) is 3.18. The molecule has 0 amide bonds. The Hall–Kier alpha value is -3.07. The van der Waals surface area contributed by atoms with E-state index in [1.54, 1.807) is 0 Å². The molecule has 0 aliphatic rings. The summed E-state index contributed by atoms with van der Waals surface area (Å²) in [6, 6.07) is 28.3. The summed E-state index contributed by atoms with van der Waals surface area (Å²) in [5.41, 5.74) is 6.81. The van der Waals surface area contributed by atoms with Gasteiger partial charge in [0.2, 0.25) is 0 Å². The lowest BCUT2D eigenvalue weighted by atomic mass is 9.88. The van der Waals surface area contributed by atoms with Gasteiger partial charge < -0.3 is 10.2 Å². The fourth-order valence-electron chi connectivity index (χ4n) is 3.18. The summed E-state index contributed by atoms with van der Waals surface area (Å²) in [6.07, 6.45) is 3.14.